The average Bonchev–Trinajstić information content (AvgIpc) is 2.42. The van der Waals surface area contributed by atoms with Gasteiger partial charge in [0, 0.05) is 19.2 Å². The second-order valence-corrected chi connectivity index (χ2v) is 6.03. The molecule has 0 radical (unpaired) electrons. The number of carbonyl (C=O) groups is 2. The van der Waals surface area contributed by atoms with E-state index in [2.05, 4.69) is 12.2 Å². The fourth-order valence-corrected chi connectivity index (χ4v) is 2.58. The first-order chi connectivity index (χ1) is 10.3. The molecule has 0 aliphatic carbocycles. The number of carbonyl (C=O) groups excluding carboxylic acids is 2. The number of hydrogen-bond acceptors (Lipinski definition) is 2. The normalized spacial score (nSPS) is 10.4. The highest BCUT2D eigenvalue weighted by molar-refractivity contribution is 5.95. The zero-order valence-corrected chi connectivity index (χ0v) is 14.5. The van der Waals surface area contributed by atoms with Gasteiger partial charge in [0.15, 0.2) is 0 Å². The molecule has 0 bridgehead atoms. The quantitative estimate of drug-likeness (QED) is 0.783. The van der Waals surface area contributed by atoms with E-state index < -0.39 is 0 Å². The van der Waals surface area contributed by atoms with E-state index in [4.69, 9.17) is 0 Å². The van der Waals surface area contributed by atoms with Gasteiger partial charge in [0.1, 0.15) is 0 Å². The molecule has 1 aromatic rings. The van der Waals surface area contributed by atoms with Crippen molar-refractivity contribution >= 4 is 17.5 Å². The number of anilines is 1. The monoisotopic (exact) mass is 304 g/mol. The highest BCUT2D eigenvalue weighted by Gasteiger charge is 2.14. The van der Waals surface area contributed by atoms with Gasteiger partial charge in [-0.15, -0.1) is 0 Å². The smallest absolute Gasteiger partial charge is 0.243 e. The summed E-state index contributed by atoms with van der Waals surface area (Å²) in [5.41, 5.74) is 4.12. The third-order valence-corrected chi connectivity index (χ3v) is 3.74. The number of nitrogens with zero attached hydrogens (tertiary/aromatic N) is 1. The number of amides is 2. The number of aryl methyl sites for hydroxylation is 3. The van der Waals surface area contributed by atoms with E-state index in [0.29, 0.717) is 6.42 Å². The molecule has 0 spiro atoms. The predicted molar refractivity (Wildman–Crippen MR) is 91.1 cm³/mol. The Kier molecular flexibility index (Phi) is 7.09. The van der Waals surface area contributed by atoms with Crippen LogP contribution < -0.4 is 5.32 Å². The first-order valence-corrected chi connectivity index (χ1v) is 7.96. The largest absolute Gasteiger partial charge is 0.336 e. The van der Waals surface area contributed by atoms with E-state index in [0.717, 1.165) is 36.1 Å². The van der Waals surface area contributed by atoms with Crippen molar-refractivity contribution in [2.45, 2.75) is 53.4 Å². The average molecular weight is 304 g/mol. The van der Waals surface area contributed by atoms with Gasteiger partial charge in [0.05, 0.1) is 6.54 Å². The minimum Gasteiger partial charge on any atom is -0.336 e. The van der Waals surface area contributed by atoms with Crippen molar-refractivity contribution in [3.63, 3.8) is 0 Å². The number of unbranched alkanes of at least 4 members (excludes halogenated alkanes) is 2. The summed E-state index contributed by atoms with van der Waals surface area (Å²) in [4.78, 5) is 25.6. The summed E-state index contributed by atoms with van der Waals surface area (Å²) in [6.45, 7) is 8.20. The molecular formula is C18H28N2O2. The second-order valence-electron chi connectivity index (χ2n) is 6.03. The molecule has 122 valence electrons. The third-order valence-electron chi connectivity index (χ3n) is 3.74. The molecule has 0 aliphatic heterocycles. The Morgan fingerprint density at radius 2 is 1.68 bits per heavy atom. The van der Waals surface area contributed by atoms with Crippen LogP contribution in [0.4, 0.5) is 5.69 Å². The van der Waals surface area contributed by atoms with Crippen LogP contribution in [0.5, 0.6) is 0 Å². The van der Waals surface area contributed by atoms with Gasteiger partial charge in [-0.05, 0) is 38.3 Å². The molecule has 1 N–H and O–H groups in total. The first kappa shape index (κ1) is 18.2. The van der Waals surface area contributed by atoms with Crippen LogP contribution in [0.1, 0.15) is 49.3 Å². The van der Waals surface area contributed by atoms with E-state index in [1.54, 1.807) is 7.05 Å². The van der Waals surface area contributed by atoms with Crippen molar-refractivity contribution in [3.05, 3.63) is 28.8 Å². The Balaban J connectivity index is 2.58. The predicted octanol–water partition coefficient (Wildman–Crippen LogP) is 3.59. The molecule has 2 amide bonds. The molecule has 4 heteroatoms. The molecule has 22 heavy (non-hydrogen) atoms. The molecule has 0 aromatic heterocycles. The van der Waals surface area contributed by atoms with Crippen molar-refractivity contribution in [2.75, 3.05) is 18.9 Å². The van der Waals surface area contributed by atoms with E-state index in [-0.39, 0.29) is 18.4 Å². The summed E-state index contributed by atoms with van der Waals surface area (Å²) in [5.74, 6) is -0.123. The lowest BCUT2D eigenvalue weighted by atomic mass is 10.1. The van der Waals surface area contributed by atoms with Crippen LogP contribution in [-0.4, -0.2) is 30.3 Å². The van der Waals surface area contributed by atoms with E-state index in [1.807, 2.05) is 32.9 Å². The summed E-state index contributed by atoms with van der Waals surface area (Å²) in [6, 6.07) is 4.09. The summed E-state index contributed by atoms with van der Waals surface area (Å²) in [6.07, 6.45) is 3.54. The van der Waals surface area contributed by atoms with Crippen LogP contribution >= 0.6 is 0 Å². The van der Waals surface area contributed by atoms with E-state index >= 15 is 0 Å². The van der Waals surface area contributed by atoms with Gasteiger partial charge in [0.2, 0.25) is 11.8 Å². The Bertz CT molecular complexity index is 515. The van der Waals surface area contributed by atoms with Crippen molar-refractivity contribution in [2.24, 2.45) is 0 Å². The maximum absolute atomic E-state index is 12.1. The van der Waals surface area contributed by atoms with Gasteiger partial charge in [-0.25, -0.2) is 0 Å². The molecule has 0 aliphatic rings. The molecule has 1 rings (SSSR count). The lowest BCUT2D eigenvalue weighted by molar-refractivity contribution is -0.133. The number of likely N-dealkylation sites (N-methyl/N-ethyl adjacent to an activating group) is 1. The maximum atomic E-state index is 12.1. The fraction of sp³-hybridized carbons (Fsp3) is 0.556. The Hall–Kier alpha value is -1.84. The fourth-order valence-electron chi connectivity index (χ4n) is 2.58. The first-order valence-electron chi connectivity index (χ1n) is 7.96. The van der Waals surface area contributed by atoms with Crippen molar-refractivity contribution in [1.82, 2.24) is 4.90 Å². The van der Waals surface area contributed by atoms with Gasteiger partial charge in [-0.3, -0.25) is 9.59 Å². The van der Waals surface area contributed by atoms with Crippen LogP contribution in [0.25, 0.3) is 0 Å². The Morgan fingerprint density at radius 1 is 1.09 bits per heavy atom. The van der Waals surface area contributed by atoms with Crippen LogP contribution in [0.15, 0.2) is 12.1 Å². The molecular weight excluding hydrogens is 276 g/mol. The minimum atomic E-state index is -0.151. The molecule has 0 heterocycles. The zero-order valence-electron chi connectivity index (χ0n) is 14.5. The molecule has 0 fully saturated rings. The van der Waals surface area contributed by atoms with Crippen molar-refractivity contribution in [1.29, 1.82) is 0 Å². The number of nitrogens with one attached hydrogen (secondary N) is 1. The Morgan fingerprint density at radius 3 is 2.23 bits per heavy atom. The molecule has 0 saturated carbocycles. The lowest BCUT2D eigenvalue weighted by Crippen LogP contribution is -2.35. The zero-order chi connectivity index (χ0) is 16.7. The number of hydrogen-bond donors (Lipinski definition) is 1. The minimum absolute atomic E-state index is 0.0287. The van der Waals surface area contributed by atoms with Gasteiger partial charge < -0.3 is 10.2 Å². The SMILES string of the molecule is CCCCCC(=O)N(C)CC(=O)Nc1c(C)cc(C)cc1C. The molecule has 1 aromatic carbocycles. The second kappa shape index (κ2) is 8.57. The van der Waals surface area contributed by atoms with Crippen LogP contribution in [0, 0.1) is 20.8 Å². The van der Waals surface area contributed by atoms with E-state index in [9.17, 15) is 9.59 Å². The van der Waals surface area contributed by atoms with Crippen LogP contribution in [-0.2, 0) is 9.59 Å². The lowest BCUT2D eigenvalue weighted by Gasteiger charge is -2.18. The van der Waals surface area contributed by atoms with Gasteiger partial charge in [-0.2, -0.15) is 0 Å². The van der Waals surface area contributed by atoms with Gasteiger partial charge in [0.25, 0.3) is 0 Å². The van der Waals surface area contributed by atoms with Crippen molar-refractivity contribution in [3.8, 4) is 0 Å². The molecule has 0 atom stereocenters. The summed E-state index contributed by atoms with van der Waals surface area (Å²) < 4.78 is 0. The molecule has 0 saturated heterocycles. The molecule has 0 unspecified atom stereocenters. The van der Waals surface area contributed by atoms with Crippen LogP contribution in [0.2, 0.25) is 0 Å². The van der Waals surface area contributed by atoms with Gasteiger partial charge >= 0.3 is 0 Å². The highest BCUT2D eigenvalue weighted by atomic mass is 16.2. The third kappa shape index (κ3) is 5.51. The van der Waals surface area contributed by atoms with Crippen molar-refractivity contribution < 1.29 is 9.59 Å². The standard InChI is InChI=1S/C18H28N2O2/c1-6-7-8-9-17(22)20(5)12-16(21)19-18-14(3)10-13(2)11-15(18)4/h10-11H,6-9,12H2,1-5H3,(H,19,21). The molecule has 4 nitrogen and oxygen atoms in total. The number of benzene rings is 1. The number of rotatable bonds is 7. The van der Waals surface area contributed by atoms with Gasteiger partial charge in [-0.1, -0.05) is 37.5 Å². The highest BCUT2D eigenvalue weighted by Crippen LogP contribution is 2.21. The summed E-state index contributed by atoms with van der Waals surface area (Å²) in [7, 11) is 1.68. The summed E-state index contributed by atoms with van der Waals surface area (Å²) in [5, 5.41) is 2.93. The van der Waals surface area contributed by atoms with E-state index in [1.165, 1.54) is 10.5 Å². The topological polar surface area (TPSA) is 49.4 Å². The Labute approximate surface area is 133 Å². The maximum Gasteiger partial charge on any atom is 0.243 e. The summed E-state index contributed by atoms with van der Waals surface area (Å²) >= 11 is 0. The van der Waals surface area contributed by atoms with Crippen LogP contribution in [0.3, 0.4) is 0 Å².